The fraction of sp³-hybridized carbons (Fsp3) is 0.562. The average Bonchev–Trinajstić information content (AvgIpc) is 2.32. The summed E-state index contributed by atoms with van der Waals surface area (Å²) in [6.45, 7) is 1.64. The molecule has 0 aromatic heterocycles. The Bertz CT molecular complexity index is 515. The number of halogens is 1. The Balaban J connectivity index is 2.03. The molecule has 0 N–H and O–H groups in total. The third kappa shape index (κ3) is 3.17. The normalized spacial score (nSPS) is 17.1. The smallest absolute Gasteiger partial charge is 0.124 e. The second-order valence-electron chi connectivity index (χ2n) is 6.10. The summed E-state index contributed by atoms with van der Waals surface area (Å²) in [4.78, 5) is 4.52. The highest BCUT2D eigenvalue weighted by molar-refractivity contribution is 5.33. The summed E-state index contributed by atoms with van der Waals surface area (Å²) in [5.41, 5.74) is 1.51. The van der Waals surface area contributed by atoms with Crippen LogP contribution < -0.4 is 0 Å². The maximum absolute atomic E-state index is 13.4. The molecule has 0 aliphatic heterocycles. The lowest BCUT2D eigenvalue weighted by Crippen LogP contribution is -2.56. The van der Waals surface area contributed by atoms with E-state index in [1.165, 1.54) is 31.4 Å². The zero-order valence-electron chi connectivity index (χ0n) is 12.5. The zero-order chi connectivity index (χ0) is 14.8. The number of benzene rings is 1. The third-order valence-electron chi connectivity index (χ3n) is 4.34. The molecule has 4 heteroatoms. The van der Waals surface area contributed by atoms with Gasteiger partial charge in [0.15, 0.2) is 0 Å². The quantitative estimate of drug-likeness (QED) is 0.827. The number of nitrogens with zero attached hydrogens (tertiary/aromatic N) is 3. The van der Waals surface area contributed by atoms with E-state index in [1.807, 2.05) is 6.07 Å². The second-order valence-corrected chi connectivity index (χ2v) is 6.10. The van der Waals surface area contributed by atoms with E-state index < -0.39 is 0 Å². The second kappa shape index (κ2) is 5.90. The highest BCUT2D eigenvalue weighted by atomic mass is 19.1. The predicted octanol–water partition coefficient (Wildman–Crippen LogP) is 2.61. The summed E-state index contributed by atoms with van der Waals surface area (Å²) < 4.78 is 13.4. The van der Waals surface area contributed by atoms with E-state index in [9.17, 15) is 4.39 Å². The lowest BCUT2D eigenvalue weighted by molar-refractivity contribution is 0.0259. The molecule has 1 aliphatic rings. The van der Waals surface area contributed by atoms with Crippen molar-refractivity contribution in [2.45, 2.75) is 31.3 Å². The van der Waals surface area contributed by atoms with Crippen molar-refractivity contribution in [3.8, 4) is 6.07 Å². The first-order valence-electron chi connectivity index (χ1n) is 7.01. The van der Waals surface area contributed by atoms with Gasteiger partial charge in [-0.05, 0) is 64.2 Å². The van der Waals surface area contributed by atoms with Gasteiger partial charge >= 0.3 is 0 Å². The number of hydrogen-bond acceptors (Lipinski definition) is 3. The van der Waals surface area contributed by atoms with Crippen molar-refractivity contribution < 1.29 is 4.39 Å². The van der Waals surface area contributed by atoms with Crippen molar-refractivity contribution in [2.24, 2.45) is 0 Å². The van der Waals surface area contributed by atoms with Crippen LogP contribution in [0.25, 0.3) is 0 Å². The summed E-state index contributed by atoms with van der Waals surface area (Å²) in [5, 5.41) is 8.89. The number of nitriles is 1. The van der Waals surface area contributed by atoms with E-state index in [0.29, 0.717) is 12.1 Å². The molecule has 0 spiro atoms. The minimum Gasteiger partial charge on any atom is -0.302 e. The molecule has 0 atom stereocenters. The lowest BCUT2D eigenvalue weighted by atomic mass is 9.75. The van der Waals surface area contributed by atoms with Crippen LogP contribution in [0.4, 0.5) is 4.39 Å². The van der Waals surface area contributed by atoms with Gasteiger partial charge < -0.3 is 9.80 Å². The number of hydrogen-bond donors (Lipinski definition) is 0. The fourth-order valence-corrected chi connectivity index (χ4v) is 3.01. The highest BCUT2D eigenvalue weighted by Gasteiger charge is 2.39. The van der Waals surface area contributed by atoms with E-state index >= 15 is 0 Å². The summed E-state index contributed by atoms with van der Waals surface area (Å²) in [5.74, 6) is -0.335. The van der Waals surface area contributed by atoms with Crippen molar-refractivity contribution in [3.63, 3.8) is 0 Å². The Morgan fingerprint density at radius 2 is 1.95 bits per heavy atom. The Labute approximate surface area is 120 Å². The van der Waals surface area contributed by atoms with Crippen molar-refractivity contribution >= 4 is 0 Å². The molecular formula is C16H22FN3. The Kier molecular flexibility index (Phi) is 4.42. The summed E-state index contributed by atoms with van der Waals surface area (Å²) >= 11 is 0. The van der Waals surface area contributed by atoms with Gasteiger partial charge in [0.05, 0.1) is 11.6 Å². The molecule has 0 radical (unpaired) electrons. The molecule has 2 rings (SSSR count). The van der Waals surface area contributed by atoms with Crippen LogP contribution in [-0.4, -0.2) is 43.0 Å². The van der Waals surface area contributed by atoms with E-state index in [1.54, 1.807) is 6.07 Å². The van der Waals surface area contributed by atoms with Crippen molar-refractivity contribution in [1.82, 2.24) is 9.80 Å². The lowest BCUT2D eigenvalue weighted by Gasteiger charge is -2.49. The fourth-order valence-electron chi connectivity index (χ4n) is 3.01. The Hall–Kier alpha value is -1.44. The van der Waals surface area contributed by atoms with Crippen LogP contribution >= 0.6 is 0 Å². The summed E-state index contributed by atoms with van der Waals surface area (Å²) in [6.07, 6.45) is 3.72. The Morgan fingerprint density at radius 1 is 1.25 bits per heavy atom. The Morgan fingerprint density at radius 3 is 2.45 bits per heavy atom. The van der Waals surface area contributed by atoms with Gasteiger partial charge in [0.25, 0.3) is 0 Å². The first kappa shape index (κ1) is 15.0. The van der Waals surface area contributed by atoms with Gasteiger partial charge in [0.1, 0.15) is 5.82 Å². The molecule has 0 bridgehead atoms. The van der Waals surface area contributed by atoms with Crippen LogP contribution in [0.3, 0.4) is 0 Å². The predicted molar refractivity (Wildman–Crippen MR) is 77.7 cm³/mol. The molecule has 0 amide bonds. The van der Waals surface area contributed by atoms with Gasteiger partial charge in [-0.1, -0.05) is 0 Å². The maximum Gasteiger partial charge on any atom is 0.124 e. The molecule has 1 aromatic carbocycles. The van der Waals surface area contributed by atoms with Gasteiger partial charge in [-0.15, -0.1) is 0 Å². The molecule has 1 aromatic rings. The first-order chi connectivity index (χ1) is 9.45. The topological polar surface area (TPSA) is 30.3 Å². The highest BCUT2D eigenvalue weighted by Crippen LogP contribution is 2.36. The summed E-state index contributed by atoms with van der Waals surface area (Å²) in [6, 6.07) is 6.56. The van der Waals surface area contributed by atoms with E-state index in [0.717, 1.165) is 12.1 Å². The van der Waals surface area contributed by atoms with Crippen molar-refractivity contribution in [2.75, 3.05) is 27.7 Å². The standard InChI is InChI=1S/C16H22FN3/c1-19(2)16(5-4-6-16)12-20(3)11-14-7-13(10-18)8-15(17)9-14/h7-9H,4-6,11-12H2,1-3H3. The maximum atomic E-state index is 13.4. The van der Waals surface area contributed by atoms with Crippen molar-refractivity contribution in [3.05, 3.63) is 35.1 Å². The van der Waals surface area contributed by atoms with E-state index in [4.69, 9.17) is 5.26 Å². The number of rotatable bonds is 5. The molecule has 0 heterocycles. The molecule has 3 nitrogen and oxygen atoms in total. The molecular weight excluding hydrogens is 253 g/mol. The molecule has 1 fully saturated rings. The van der Waals surface area contributed by atoms with Crippen LogP contribution in [-0.2, 0) is 6.54 Å². The largest absolute Gasteiger partial charge is 0.302 e. The van der Waals surface area contributed by atoms with Gasteiger partial charge in [-0.25, -0.2) is 4.39 Å². The minimum absolute atomic E-state index is 0.264. The van der Waals surface area contributed by atoms with E-state index in [2.05, 4.69) is 30.9 Å². The molecule has 108 valence electrons. The van der Waals surface area contributed by atoms with E-state index in [-0.39, 0.29) is 11.4 Å². The van der Waals surface area contributed by atoms with Crippen LogP contribution in [0, 0.1) is 17.1 Å². The molecule has 1 saturated carbocycles. The molecule has 0 saturated heterocycles. The molecule has 0 unspecified atom stereocenters. The average molecular weight is 275 g/mol. The van der Waals surface area contributed by atoms with Gasteiger partial charge in [-0.3, -0.25) is 0 Å². The molecule has 20 heavy (non-hydrogen) atoms. The molecule has 1 aliphatic carbocycles. The van der Waals surface area contributed by atoms with Crippen LogP contribution in [0.2, 0.25) is 0 Å². The SMILES string of the molecule is CN(Cc1cc(F)cc(C#N)c1)CC1(N(C)C)CCC1. The van der Waals surface area contributed by atoms with Crippen molar-refractivity contribution in [1.29, 1.82) is 5.26 Å². The third-order valence-corrected chi connectivity index (χ3v) is 4.34. The summed E-state index contributed by atoms with van der Waals surface area (Å²) in [7, 11) is 6.31. The van der Waals surface area contributed by atoms with Gasteiger partial charge in [-0.2, -0.15) is 5.26 Å². The van der Waals surface area contributed by atoms with Gasteiger partial charge in [0.2, 0.25) is 0 Å². The van der Waals surface area contributed by atoms with Crippen LogP contribution in [0.5, 0.6) is 0 Å². The zero-order valence-corrected chi connectivity index (χ0v) is 12.5. The first-order valence-corrected chi connectivity index (χ1v) is 7.01. The minimum atomic E-state index is -0.335. The monoisotopic (exact) mass is 275 g/mol. The van der Waals surface area contributed by atoms with Gasteiger partial charge in [0, 0.05) is 18.6 Å². The van der Waals surface area contributed by atoms with Crippen LogP contribution in [0.15, 0.2) is 18.2 Å². The van der Waals surface area contributed by atoms with Crippen LogP contribution in [0.1, 0.15) is 30.4 Å². The number of likely N-dealkylation sites (N-methyl/N-ethyl adjacent to an activating group) is 2.